The van der Waals surface area contributed by atoms with Gasteiger partial charge in [0.25, 0.3) is 0 Å². The number of rotatable bonds is 3. The number of anilines is 2. The van der Waals surface area contributed by atoms with Gasteiger partial charge in [0.2, 0.25) is 0 Å². The number of aromatic nitrogens is 1. The van der Waals surface area contributed by atoms with E-state index in [9.17, 15) is 0 Å². The summed E-state index contributed by atoms with van der Waals surface area (Å²) in [4.78, 5) is 4.72. The largest absolute Gasteiger partial charge is 0.487 e. The van der Waals surface area contributed by atoms with Gasteiger partial charge >= 0.3 is 0 Å². The third-order valence-electron chi connectivity index (χ3n) is 3.55. The maximum Gasteiger partial charge on any atom is 0.197 e. The van der Waals surface area contributed by atoms with E-state index in [0.717, 1.165) is 30.4 Å². The third kappa shape index (κ3) is 2.40. The van der Waals surface area contributed by atoms with Gasteiger partial charge in [-0.25, -0.2) is 0 Å². The molecule has 1 aliphatic heterocycles. The molecule has 5 nitrogen and oxygen atoms in total. The van der Waals surface area contributed by atoms with Gasteiger partial charge in [-0.1, -0.05) is 0 Å². The van der Waals surface area contributed by atoms with Crippen LogP contribution in [0.1, 0.15) is 20.8 Å². The summed E-state index contributed by atoms with van der Waals surface area (Å²) in [5.74, 6) is 1.26. The van der Waals surface area contributed by atoms with Crippen molar-refractivity contribution in [1.82, 2.24) is 9.27 Å². The predicted molar refractivity (Wildman–Crippen MR) is 76.6 cm³/mol. The maximum atomic E-state index is 5.87. The Hall–Kier alpha value is -1.01. The molecule has 0 atom stereocenters. The number of hydrogen-bond acceptors (Lipinski definition) is 6. The van der Waals surface area contributed by atoms with E-state index < -0.39 is 0 Å². The first-order valence-electron chi connectivity index (χ1n) is 6.30. The molecule has 0 bridgehead atoms. The molecule has 0 radical (unpaired) electrons. The molecular formula is C12H22N4OS. The Morgan fingerprint density at radius 1 is 1.44 bits per heavy atom. The number of nitrogens with zero attached hydrogens (tertiary/aromatic N) is 3. The predicted octanol–water partition coefficient (Wildman–Crippen LogP) is 1.65. The van der Waals surface area contributed by atoms with E-state index in [4.69, 9.17) is 10.5 Å². The van der Waals surface area contributed by atoms with Crippen molar-refractivity contribution < 1.29 is 4.74 Å². The topological polar surface area (TPSA) is 54.6 Å². The van der Waals surface area contributed by atoms with E-state index in [2.05, 4.69) is 35.1 Å². The molecular weight excluding hydrogens is 248 g/mol. The zero-order chi connectivity index (χ0) is 13.3. The first-order chi connectivity index (χ1) is 8.45. The number of nitrogen functional groups attached to an aromatic ring is 1. The van der Waals surface area contributed by atoms with Crippen molar-refractivity contribution in [3.63, 3.8) is 0 Å². The number of piperazine rings is 1. The van der Waals surface area contributed by atoms with Gasteiger partial charge in [0.15, 0.2) is 16.6 Å². The standard InChI is InChI=1S/C12H22N4OS/c1-5-17-9-10(13)14-18-11(9)16-7-6-15(4)12(2,3)8-16/h5-8H2,1-4H3,(H2,13,14). The Balaban J connectivity index is 2.22. The highest BCUT2D eigenvalue weighted by Crippen LogP contribution is 2.39. The normalized spacial score (nSPS) is 20.1. The van der Waals surface area contributed by atoms with E-state index in [1.807, 2.05) is 6.92 Å². The third-order valence-corrected chi connectivity index (χ3v) is 4.45. The molecule has 1 aliphatic rings. The van der Waals surface area contributed by atoms with Crippen LogP contribution < -0.4 is 15.4 Å². The van der Waals surface area contributed by atoms with Crippen molar-refractivity contribution in [3.8, 4) is 5.75 Å². The fourth-order valence-corrected chi connectivity index (χ4v) is 2.97. The highest BCUT2D eigenvalue weighted by atomic mass is 32.1. The van der Waals surface area contributed by atoms with Crippen molar-refractivity contribution in [3.05, 3.63) is 0 Å². The minimum Gasteiger partial charge on any atom is -0.487 e. The maximum absolute atomic E-state index is 5.87. The molecule has 0 saturated carbocycles. The highest BCUT2D eigenvalue weighted by Gasteiger charge is 2.33. The van der Waals surface area contributed by atoms with Crippen LogP contribution in [0.3, 0.4) is 0 Å². The summed E-state index contributed by atoms with van der Waals surface area (Å²) in [6, 6.07) is 0. The summed E-state index contributed by atoms with van der Waals surface area (Å²) < 4.78 is 9.84. The zero-order valence-corrected chi connectivity index (χ0v) is 12.4. The molecule has 1 saturated heterocycles. The van der Waals surface area contributed by atoms with Crippen LogP contribution in [-0.4, -0.2) is 48.1 Å². The average molecular weight is 270 g/mol. The SMILES string of the molecule is CCOc1c(N)nsc1N1CCN(C)C(C)(C)C1. The molecule has 2 rings (SSSR count). The van der Waals surface area contributed by atoms with Gasteiger partial charge in [-0.3, -0.25) is 4.90 Å². The molecule has 1 aromatic heterocycles. The second-order valence-corrected chi connectivity index (χ2v) is 6.04. The molecule has 102 valence electrons. The number of hydrogen-bond donors (Lipinski definition) is 1. The van der Waals surface area contributed by atoms with Gasteiger partial charge < -0.3 is 15.4 Å². The van der Waals surface area contributed by atoms with E-state index in [1.54, 1.807) is 0 Å². The van der Waals surface area contributed by atoms with Crippen LogP contribution in [0.4, 0.5) is 10.8 Å². The van der Waals surface area contributed by atoms with Crippen molar-refractivity contribution in [2.24, 2.45) is 0 Å². The van der Waals surface area contributed by atoms with Gasteiger partial charge in [0.05, 0.1) is 6.61 Å². The van der Waals surface area contributed by atoms with Crippen molar-refractivity contribution >= 4 is 22.4 Å². The summed E-state index contributed by atoms with van der Waals surface area (Å²) in [5, 5.41) is 1.07. The fourth-order valence-electron chi connectivity index (χ4n) is 2.18. The molecule has 0 amide bonds. The minimum atomic E-state index is 0.153. The second-order valence-electron chi connectivity index (χ2n) is 5.29. The first kappa shape index (κ1) is 13.4. The lowest BCUT2D eigenvalue weighted by molar-refractivity contribution is 0.139. The Morgan fingerprint density at radius 2 is 2.17 bits per heavy atom. The quantitative estimate of drug-likeness (QED) is 0.905. The highest BCUT2D eigenvalue weighted by molar-refractivity contribution is 7.11. The average Bonchev–Trinajstić information content (AvgIpc) is 2.65. The Labute approximate surface area is 113 Å². The zero-order valence-electron chi connectivity index (χ0n) is 11.6. The molecule has 2 heterocycles. The first-order valence-corrected chi connectivity index (χ1v) is 7.07. The van der Waals surface area contributed by atoms with Crippen LogP contribution in [0.5, 0.6) is 5.75 Å². The molecule has 1 fully saturated rings. The smallest absolute Gasteiger partial charge is 0.197 e. The van der Waals surface area contributed by atoms with Crippen molar-refractivity contribution in [1.29, 1.82) is 0 Å². The van der Waals surface area contributed by atoms with Crippen LogP contribution >= 0.6 is 11.5 Å². The minimum absolute atomic E-state index is 0.153. The van der Waals surface area contributed by atoms with Crippen LogP contribution in [0.2, 0.25) is 0 Å². The molecule has 0 aromatic carbocycles. The van der Waals surface area contributed by atoms with E-state index in [0.29, 0.717) is 12.4 Å². The summed E-state index contributed by atoms with van der Waals surface area (Å²) in [6.07, 6.45) is 0. The molecule has 1 aromatic rings. The molecule has 0 aliphatic carbocycles. The Bertz CT molecular complexity index is 418. The molecule has 18 heavy (non-hydrogen) atoms. The molecule has 2 N–H and O–H groups in total. The number of ether oxygens (including phenoxy) is 1. The van der Waals surface area contributed by atoms with Crippen LogP contribution in [0.15, 0.2) is 0 Å². The molecule has 6 heteroatoms. The lowest BCUT2D eigenvalue weighted by Crippen LogP contribution is -2.57. The summed E-state index contributed by atoms with van der Waals surface area (Å²) in [6.45, 7) is 10.1. The van der Waals surface area contributed by atoms with Crippen LogP contribution in [-0.2, 0) is 0 Å². The van der Waals surface area contributed by atoms with Gasteiger partial charge in [-0.05, 0) is 39.4 Å². The number of likely N-dealkylation sites (N-methyl/N-ethyl adjacent to an activating group) is 1. The van der Waals surface area contributed by atoms with E-state index in [1.165, 1.54) is 11.5 Å². The summed E-state index contributed by atoms with van der Waals surface area (Å²) in [5.41, 5.74) is 6.02. The monoisotopic (exact) mass is 270 g/mol. The second kappa shape index (κ2) is 4.93. The number of nitrogens with two attached hydrogens (primary N) is 1. The van der Waals surface area contributed by atoms with Crippen molar-refractivity contribution in [2.75, 3.05) is 43.9 Å². The lowest BCUT2D eigenvalue weighted by Gasteiger charge is -2.45. The van der Waals surface area contributed by atoms with Gasteiger partial charge in [-0.15, -0.1) is 0 Å². The Kier molecular flexibility index (Phi) is 3.68. The van der Waals surface area contributed by atoms with Gasteiger partial charge in [0.1, 0.15) is 0 Å². The fraction of sp³-hybridized carbons (Fsp3) is 0.750. The summed E-state index contributed by atoms with van der Waals surface area (Å²) >= 11 is 1.43. The Morgan fingerprint density at radius 3 is 2.78 bits per heavy atom. The van der Waals surface area contributed by atoms with Crippen LogP contribution in [0.25, 0.3) is 0 Å². The van der Waals surface area contributed by atoms with E-state index >= 15 is 0 Å². The van der Waals surface area contributed by atoms with Gasteiger partial charge in [-0.2, -0.15) is 4.37 Å². The van der Waals surface area contributed by atoms with Crippen molar-refractivity contribution in [2.45, 2.75) is 26.3 Å². The lowest BCUT2D eigenvalue weighted by atomic mass is 10.00. The molecule has 0 unspecified atom stereocenters. The summed E-state index contributed by atoms with van der Waals surface area (Å²) in [7, 11) is 2.17. The van der Waals surface area contributed by atoms with Gasteiger partial charge in [0, 0.05) is 25.2 Å². The van der Waals surface area contributed by atoms with Crippen LogP contribution in [0, 0.1) is 0 Å². The van der Waals surface area contributed by atoms with E-state index in [-0.39, 0.29) is 5.54 Å². The molecule has 0 spiro atoms.